The van der Waals surface area contributed by atoms with Gasteiger partial charge >= 0.3 is 0 Å². The first-order valence-electron chi connectivity index (χ1n) is 6.05. The number of nitrogens with zero attached hydrogens (tertiary/aromatic N) is 1. The standard InChI is InChI=1S/C12H17ClN2O3S2/c1-2-5-15(6-7-16)20(17,18)11-8-9(12(14)19)3-4-10(11)13/h3-4,8,16H,2,5-7H2,1H3,(H2,14,19). The number of thiocarbonyl (C=S) groups is 1. The lowest BCUT2D eigenvalue weighted by Crippen LogP contribution is -2.34. The van der Waals surface area contributed by atoms with Gasteiger partial charge in [0.25, 0.3) is 0 Å². The van der Waals surface area contributed by atoms with Crippen molar-refractivity contribution in [2.24, 2.45) is 5.73 Å². The number of aliphatic hydroxyl groups excluding tert-OH is 1. The minimum Gasteiger partial charge on any atom is -0.395 e. The lowest BCUT2D eigenvalue weighted by Gasteiger charge is -2.21. The lowest BCUT2D eigenvalue weighted by molar-refractivity contribution is 0.253. The zero-order valence-corrected chi connectivity index (χ0v) is 13.4. The van der Waals surface area contributed by atoms with Crippen LogP contribution in [0.1, 0.15) is 18.9 Å². The molecule has 0 atom stereocenters. The molecule has 0 amide bonds. The van der Waals surface area contributed by atoms with Gasteiger partial charge in [0, 0.05) is 18.7 Å². The van der Waals surface area contributed by atoms with E-state index in [0.717, 1.165) is 0 Å². The van der Waals surface area contributed by atoms with E-state index in [1.165, 1.54) is 16.4 Å². The fourth-order valence-corrected chi connectivity index (χ4v) is 3.86. The maximum Gasteiger partial charge on any atom is 0.244 e. The second-order valence-corrected chi connectivity index (χ2v) is 6.89. The molecule has 0 bridgehead atoms. The largest absolute Gasteiger partial charge is 0.395 e. The van der Waals surface area contributed by atoms with E-state index in [-0.39, 0.29) is 28.1 Å². The molecule has 0 spiro atoms. The summed E-state index contributed by atoms with van der Waals surface area (Å²) in [5, 5.41) is 9.11. The Bertz CT molecular complexity index is 584. The number of aliphatic hydroxyl groups is 1. The van der Waals surface area contributed by atoms with E-state index < -0.39 is 10.0 Å². The van der Waals surface area contributed by atoms with E-state index in [1.807, 2.05) is 6.92 Å². The molecular formula is C12H17ClN2O3S2. The highest BCUT2D eigenvalue weighted by molar-refractivity contribution is 7.89. The topological polar surface area (TPSA) is 83.6 Å². The van der Waals surface area contributed by atoms with E-state index >= 15 is 0 Å². The molecule has 1 aromatic rings. The van der Waals surface area contributed by atoms with Gasteiger partial charge in [0.2, 0.25) is 10.0 Å². The van der Waals surface area contributed by atoms with Crippen molar-refractivity contribution in [3.05, 3.63) is 28.8 Å². The first-order chi connectivity index (χ1) is 9.34. The van der Waals surface area contributed by atoms with E-state index in [4.69, 9.17) is 34.7 Å². The van der Waals surface area contributed by atoms with Crippen molar-refractivity contribution in [3.8, 4) is 0 Å². The van der Waals surface area contributed by atoms with Gasteiger partial charge in [0.05, 0.1) is 11.6 Å². The molecule has 0 saturated heterocycles. The Balaban J connectivity index is 3.32. The van der Waals surface area contributed by atoms with Gasteiger partial charge < -0.3 is 10.8 Å². The number of rotatable bonds is 7. The van der Waals surface area contributed by atoms with Gasteiger partial charge in [-0.2, -0.15) is 4.31 Å². The van der Waals surface area contributed by atoms with Gasteiger partial charge in [0.15, 0.2) is 0 Å². The normalized spacial score (nSPS) is 11.8. The lowest BCUT2D eigenvalue weighted by atomic mass is 10.2. The molecule has 3 N–H and O–H groups in total. The second kappa shape index (κ2) is 7.33. The summed E-state index contributed by atoms with van der Waals surface area (Å²) in [6.45, 7) is 1.92. The first-order valence-corrected chi connectivity index (χ1v) is 8.27. The summed E-state index contributed by atoms with van der Waals surface area (Å²) in [5.74, 6) is 0. The monoisotopic (exact) mass is 336 g/mol. The number of hydrogen-bond acceptors (Lipinski definition) is 4. The zero-order chi connectivity index (χ0) is 15.3. The van der Waals surface area contributed by atoms with Gasteiger partial charge in [0.1, 0.15) is 9.88 Å². The molecule has 1 rings (SSSR count). The molecule has 0 saturated carbocycles. The van der Waals surface area contributed by atoms with Crippen LogP contribution in [0.2, 0.25) is 5.02 Å². The van der Waals surface area contributed by atoms with Crippen molar-refractivity contribution in [2.45, 2.75) is 18.2 Å². The summed E-state index contributed by atoms with van der Waals surface area (Å²) in [6.07, 6.45) is 0.631. The van der Waals surface area contributed by atoms with Crippen LogP contribution in [0, 0.1) is 0 Å². The summed E-state index contributed by atoms with van der Waals surface area (Å²) >= 11 is 10.8. The molecule has 20 heavy (non-hydrogen) atoms. The average Bonchev–Trinajstić information content (AvgIpc) is 2.38. The van der Waals surface area contributed by atoms with Crippen molar-refractivity contribution in [3.63, 3.8) is 0 Å². The Kier molecular flexibility index (Phi) is 6.35. The molecule has 1 aromatic carbocycles. The van der Waals surface area contributed by atoms with E-state index in [0.29, 0.717) is 18.5 Å². The van der Waals surface area contributed by atoms with Crippen molar-refractivity contribution >= 4 is 38.8 Å². The maximum absolute atomic E-state index is 12.6. The van der Waals surface area contributed by atoms with Gasteiger partial charge in [-0.3, -0.25) is 0 Å². The zero-order valence-electron chi connectivity index (χ0n) is 11.0. The number of nitrogens with two attached hydrogens (primary N) is 1. The average molecular weight is 337 g/mol. The predicted octanol–water partition coefficient (Wildman–Crippen LogP) is 1.37. The molecule has 5 nitrogen and oxygen atoms in total. The van der Waals surface area contributed by atoms with Crippen LogP contribution in [0.25, 0.3) is 0 Å². The number of benzene rings is 1. The van der Waals surface area contributed by atoms with Crippen LogP contribution in [0.5, 0.6) is 0 Å². The van der Waals surface area contributed by atoms with Crippen LogP contribution in [0.3, 0.4) is 0 Å². The minimum atomic E-state index is -3.79. The SMILES string of the molecule is CCCN(CCO)S(=O)(=O)c1cc(C(N)=S)ccc1Cl. The molecule has 0 aliphatic rings. The van der Waals surface area contributed by atoms with Gasteiger partial charge in [-0.15, -0.1) is 0 Å². The van der Waals surface area contributed by atoms with Crippen molar-refractivity contribution in [1.29, 1.82) is 0 Å². The molecule has 0 radical (unpaired) electrons. The fourth-order valence-electron chi connectivity index (χ4n) is 1.71. The van der Waals surface area contributed by atoms with Gasteiger partial charge in [-0.1, -0.05) is 36.8 Å². The van der Waals surface area contributed by atoms with Crippen molar-refractivity contribution in [2.75, 3.05) is 19.7 Å². The number of hydrogen-bond donors (Lipinski definition) is 2. The van der Waals surface area contributed by atoms with E-state index in [9.17, 15) is 8.42 Å². The first kappa shape index (κ1) is 17.3. The highest BCUT2D eigenvalue weighted by Crippen LogP contribution is 2.26. The molecule has 0 heterocycles. The Morgan fingerprint density at radius 3 is 2.60 bits per heavy atom. The summed E-state index contributed by atoms with van der Waals surface area (Å²) < 4.78 is 26.3. The Hall–Kier alpha value is -0.730. The number of sulfonamides is 1. The minimum absolute atomic E-state index is 0.0177. The second-order valence-electron chi connectivity index (χ2n) is 4.14. The Morgan fingerprint density at radius 2 is 2.10 bits per heavy atom. The van der Waals surface area contributed by atoms with E-state index in [2.05, 4.69) is 0 Å². The third kappa shape index (κ3) is 3.89. The third-order valence-corrected chi connectivity index (χ3v) is 5.27. The van der Waals surface area contributed by atoms with Crippen molar-refractivity contribution in [1.82, 2.24) is 4.31 Å². The van der Waals surface area contributed by atoms with Crippen LogP contribution < -0.4 is 5.73 Å². The molecule has 0 fully saturated rings. The quantitative estimate of drug-likeness (QED) is 0.735. The molecule has 8 heteroatoms. The van der Waals surface area contributed by atoms with Crippen molar-refractivity contribution < 1.29 is 13.5 Å². The fraction of sp³-hybridized carbons (Fsp3) is 0.417. The van der Waals surface area contributed by atoms with E-state index in [1.54, 1.807) is 6.07 Å². The van der Waals surface area contributed by atoms with Crippen LogP contribution in [-0.2, 0) is 10.0 Å². The summed E-state index contributed by atoms with van der Waals surface area (Å²) in [5.41, 5.74) is 5.94. The predicted molar refractivity (Wildman–Crippen MR) is 83.5 cm³/mol. The highest BCUT2D eigenvalue weighted by Gasteiger charge is 2.26. The summed E-state index contributed by atoms with van der Waals surface area (Å²) in [4.78, 5) is 0.0497. The summed E-state index contributed by atoms with van der Waals surface area (Å²) in [6, 6.07) is 4.38. The third-order valence-electron chi connectivity index (χ3n) is 2.66. The summed E-state index contributed by atoms with van der Waals surface area (Å²) in [7, 11) is -3.79. The molecule has 0 aliphatic heterocycles. The highest BCUT2D eigenvalue weighted by atomic mass is 35.5. The van der Waals surface area contributed by atoms with Crippen LogP contribution in [-0.4, -0.2) is 42.5 Å². The van der Waals surface area contributed by atoms with Crippen LogP contribution in [0.15, 0.2) is 23.1 Å². The van der Waals surface area contributed by atoms with Gasteiger partial charge in [-0.25, -0.2) is 8.42 Å². The Morgan fingerprint density at radius 1 is 1.45 bits per heavy atom. The molecular weight excluding hydrogens is 320 g/mol. The Labute approximate surface area is 129 Å². The smallest absolute Gasteiger partial charge is 0.244 e. The molecule has 0 unspecified atom stereocenters. The number of halogens is 1. The molecule has 112 valence electrons. The van der Waals surface area contributed by atoms with Gasteiger partial charge in [-0.05, 0) is 18.6 Å². The van der Waals surface area contributed by atoms with Crippen LogP contribution >= 0.6 is 23.8 Å². The molecule has 0 aromatic heterocycles. The maximum atomic E-state index is 12.6. The molecule has 0 aliphatic carbocycles. The van der Waals surface area contributed by atoms with Crippen LogP contribution in [0.4, 0.5) is 0 Å².